The molecule has 0 spiro atoms. The average Bonchev–Trinajstić information content (AvgIpc) is 2.88. The van der Waals surface area contributed by atoms with Gasteiger partial charge in [0.15, 0.2) is 16.6 Å². The molecule has 0 aliphatic heterocycles. The van der Waals surface area contributed by atoms with Crippen molar-refractivity contribution >= 4 is 16.6 Å². The highest BCUT2D eigenvalue weighted by Gasteiger charge is 2.57. The van der Waals surface area contributed by atoms with E-state index >= 15 is 0 Å². The van der Waals surface area contributed by atoms with Gasteiger partial charge in [-0.1, -0.05) is 6.92 Å². The summed E-state index contributed by atoms with van der Waals surface area (Å²) in [7, 11) is -2.86. The van der Waals surface area contributed by atoms with Gasteiger partial charge >= 0.3 is 0 Å². The van der Waals surface area contributed by atoms with Crippen molar-refractivity contribution in [1.82, 2.24) is 0 Å². The minimum atomic E-state index is -1.46. The van der Waals surface area contributed by atoms with Gasteiger partial charge in [0.25, 0.3) is 0 Å². The third kappa shape index (κ3) is 4.22. The Hall–Kier alpha value is 0.354. The molecular weight excluding hydrogens is 376 g/mol. The zero-order chi connectivity index (χ0) is 20.3. The summed E-state index contributed by atoms with van der Waals surface area (Å²) in [5.41, 5.74) is 0.465. The Balaban J connectivity index is 1.43. The van der Waals surface area contributed by atoms with E-state index in [1.165, 1.54) is 57.8 Å². The molecule has 28 heavy (non-hydrogen) atoms. The maximum absolute atomic E-state index is 6.74. The molecule has 4 aliphatic carbocycles. The molecule has 0 radical (unpaired) electrons. The first-order chi connectivity index (χ1) is 13.0. The molecule has 162 valence electrons. The van der Waals surface area contributed by atoms with E-state index in [2.05, 4.69) is 46.2 Å². The predicted molar refractivity (Wildman–Crippen MR) is 124 cm³/mol. The number of rotatable bonds is 4. The quantitative estimate of drug-likeness (QED) is 0.451. The lowest BCUT2D eigenvalue weighted by Crippen LogP contribution is -2.51. The van der Waals surface area contributed by atoms with Crippen LogP contribution in [0.2, 0.25) is 39.3 Å². The summed E-state index contributed by atoms with van der Waals surface area (Å²) in [6.45, 7) is 16.8. The Labute approximate surface area is 176 Å². The van der Waals surface area contributed by atoms with Gasteiger partial charge in [-0.05, 0) is 132 Å². The van der Waals surface area contributed by atoms with E-state index in [-0.39, 0.29) is 0 Å². The maximum atomic E-state index is 6.74. The van der Waals surface area contributed by atoms with Crippen LogP contribution in [-0.2, 0) is 8.85 Å². The van der Waals surface area contributed by atoms with Crippen LogP contribution in [0.15, 0.2) is 0 Å². The highest BCUT2D eigenvalue weighted by molar-refractivity contribution is 6.70. The average molecular weight is 423 g/mol. The van der Waals surface area contributed by atoms with Crippen LogP contribution >= 0.6 is 0 Å². The van der Waals surface area contributed by atoms with Crippen LogP contribution in [0, 0.1) is 35.0 Å². The van der Waals surface area contributed by atoms with Gasteiger partial charge in [-0.25, -0.2) is 0 Å². The Morgan fingerprint density at radius 1 is 0.679 bits per heavy atom. The highest BCUT2D eigenvalue weighted by Crippen LogP contribution is 2.63. The van der Waals surface area contributed by atoms with Crippen molar-refractivity contribution in [3.8, 4) is 0 Å². The second-order valence-electron chi connectivity index (χ2n) is 12.9. The lowest BCUT2D eigenvalue weighted by atomic mass is 9.50. The van der Waals surface area contributed by atoms with Gasteiger partial charge in [0.2, 0.25) is 0 Å². The van der Waals surface area contributed by atoms with E-state index in [1.807, 2.05) is 0 Å². The molecule has 0 saturated heterocycles. The van der Waals surface area contributed by atoms with Crippen molar-refractivity contribution in [3.63, 3.8) is 0 Å². The molecule has 4 heteroatoms. The summed E-state index contributed by atoms with van der Waals surface area (Å²) in [6.07, 6.45) is 13.9. The monoisotopic (exact) mass is 422 g/mol. The van der Waals surface area contributed by atoms with Gasteiger partial charge in [0.05, 0.1) is 6.10 Å². The largest absolute Gasteiger partial charge is 0.415 e. The number of hydrogen-bond donors (Lipinski definition) is 0. The molecule has 0 N–H and O–H groups in total. The number of hydrogen-bond acceptors (Lipinski definition) is 2. The van der Waals surface area contributed by atoms with Crippen molar-refractivity contribution in [2.75, 3.05) is 0 Å². The van der Waals surface area contributed by atoms with Gasteiger partial charge < -0.3 is 8.85 Å². The van der Waals surface area contributed by atoms with Gasteiger partial charge in [0.1, 0.15) is 0 Å². The summed E-state index contributed by atoms with van der Waals surface area (Å²) in [5.74, 6) is 4.89. The van der Waals surface area contributed by atoms with Crippen molar-refractivity contribution in [2.45, 2.75) is 116 Å². The lowest BCUT2D eigenvalue weighted by molar-refractivity contribution is -0.0867. The van der Waals surface area contributed by atoms with E-state index in [0.717, 1.165) is 29.6 Å². The first-order valence-corrected chi connectivity index (χ1v) is 19.1. The van der Waals surface area contributed by atoms with E-state index in [9.17, 15) is 0 Å². The van der Waals surface area contributed by atoms with E-state index < -0.39 is 16.6 Å². The predicted octanol–water partition coefficient (Wildman–Crippen LogP) is 7.08. The summed E-state index contributed by atoms with van der Waals surface area (Å²) >= 11 is 0. The first kappa shape index (κ1) is 21.6. The first-order valence-electron chi connectivity index (χ1n) is 12.3. The van der Waals surface area contributed by atoms with Crippen LogP contribution in [0.3, 0.4) is 0 Å². The second kappa shape index (κ2) is 7.49. The fraction of sp³-hybridized carbons (Fsp3) is 1.00. The van der Waals surface area contributed by atoms with Crippen LogP contribution in [-0.4, -0.2) is 28.8 Å². The van der Waals surface area contributed by atoms with Gasteiger partial charge in [-0.3, -0.25) is 0 Å². The summed E-state index contributed by atoms with van der Waals surface area (Å²) in [4.78, 5) is 0. The molecule has 4 rings (SSSR count). The lowest BCUT2D eigenvalue weighted by Gasteiger charge is -2.56. The van der Waals surface area contributed by atoms with Gasteiger partial charge in [-0.15, -0.1) is 0 Å². The molecular formula is C24H46O2Si2. The summed E-state index contributed by atoms with van der Waals surface area (Å²) < 4.78 is 13.3. The molecule has 0 amide bonds. The molecule has 4 fully saturated rings. The third-order valence-electron chi connectivity index (χ3n) is 8.84. The zero-order valence-corrected chi connectivity index (χ0v) is 21.7. The fourth-order valence-electron chi connectivity index (χ4n) is 7.99. The molecule has 4 saturated carbocycles. The van der Waals surface area contributed by atoms with E-state index in [1.54, 1.807) is 0 Å². The minimum absolute atomic E-state index is 0.465. The Bertz CT molecular complexity index is 566. The third-order valence-corrected chi connectivity index (χ3v) is 10.9. The van der Waals surface area contributed by atoms with Crippen LogP contribution in [0.5, 0.6) is 0 Å². The molecule has 0 aromatic heterocycles. The molecule has 0 heterocycles. The van der Waals surface area contributed by atoms with Crippen molar-refractivity contribution < 1.29 is 8.85 Å². The highest BCUT2D eigenvalue weighted by atomic mass is 28.4. The summed E-state index contributed by atoms with van der Waals surface area (Å²) in [6, 6.07) is 0. The van der Waals surface area contributed by atoms with E-state index in [4.69, 9.17) is 8.85 Å². The van der Waals surface area contributed by atoms with Gasteiger partial charge in [-0.2, -0.15) is 0 Å². The molecule has 0 aromatic rings. The van der Waals surface area contributed by atoms with Gasteiger partial charge in [0, 0.05) is 6.10 Å². The molecule has 2 nitrogen and oxygen atoms in total. The SMILES string of the molecule is CC12CCC3C4CCC(O[Si](C)(C)C)CC4CCC3C1CCC2O[Si](C)(C)C. The Morgan fingerprint density at radius 2 is 1.36 bits per heavy atom. The normalized spacial score (nSPS) is 46.6. The molecule has 8 unspecified atom stereocenters. The van der Waals surface area contributed by atoms with Crippen molar-refractivity contribution in [3.05, 3.63) is 0 Å². The fourth-order valence-corrected chi connectivity index (χ4v) is 10.4. The second-order valence-corrected chi connectivity index (χ2v) is 21.9. The summed E-state index contributed by atoms with van der Waals surface area (Å²) in [5, 5.41) is 0. The van der Waals surface area contributed by atoms with Crippen LogP contribution in [0.25, 0.3) is 0 Å². The number of fused-ring (bicyclic) bond motifs is 5. The van der Waals surface area contributed by atoms with Crippen LogP contribution < -0.4 is 0 Å². The molecule has 0 bridgehead atoms. The maximum Gasteiger partial charge on any atom is 0.184 e. The standard InChI is InChI=1S/C24H46O2Si2/c1-24-15-14-20-19-11-9-18(25-27(2,3)4)16-17(19)8-10-21(20)22(24)12-13-23(24)26-28(5,6)7/h17-23H,8-16H2,1-7H3. The van der Waals surface area contributed by atoms with Crippen molar-refractivity contribution in [1.29, 1.82) is 0 Å². The zero-order valence-electron chi connectivity index (χ0n) is 19.7. The van der Waals surface area contributed by atoms with E-state index in [0.29, 0.717) is 17.6 Å². The molecule has 8 atom stereocenters. The Kier molecular flexibility index (Phi) is 5.77. The molecule has 0 aromatic carbocycles. The van der Waals surface area contributed by atoms with Crippen LogP contribution in [0.4, 0.5) is 0 Å². The minimum Gasteiger partial charge on any atom is -0.415 e. The molecule has 4 aliphatic rings. The smallest absolute Gasteiger partial charge is 0.184 e. The van der Waals surface area contributed by atoms with Crippen LogP contribution in [0.1, 0.15) is 64.7 Å². The topological polar surface area (TPSA) is 18.5 Å². The Morgan fingerprint density at radius 3 is 2.04 bits per heavy atom. The van der Waals surface area contributed by atoms with Crippen molar-refractivity contribution in [2.24, 2.45) is 35.0 Å².